The molecule has 2 aliphatic rings. The van der Waals surface area contributed by atoms with Gasteiger partial charge in [-0.1, -0.05) is 18.5 Å². The third-order valence-corrected chi connectivity index (χ3v) is 6.13. The minimum Gasteiger partial charge on any atom is -0.512 e. The first kappa shape index (κ1) is 18.3. The second kappa shape index (κ2) is 7.17. The van der Waals surface area contributed by atoms with E-state index in [1.807, 2.05) is 29.9 Å². The van der Waals surface area contributed by atoms with Crippen LogP contribution in [0.4, 0.5) is 0 Å². The molecule has 1 aromatic carbocycles. The Labute approximate surface area is 162 Å². The lowest BCUT2D eigenvalue weighted by atomic mass is 9.75. The molecule has 1 fully saturated rings. The topological polar surface area (TPSA) is 84.6 Å². The number of aliphatic hydroxyl groups excluding tert-OH is 1. The second-order valence-electron chi connectivity index (χ2n) is 7.53. The van der Waals surface area contributed by atoms with Crippen molar-refractivity contribution in [1.82, 2.24) is 9.78 Å². The molecule has 7 heteroatoms. The van der Waals surface area contributed by atoms with Crippen LogP contribution in [0.1, 0.15) is 56.7 Å². The molecule has 1 unspecified atom stereocenters. The van der Waals surface area contributed by atoms with E-state index in [4.69, 9.17) is 16.3 Å². The summed E-state index contributed by atoms with van der Waals surface area (Å²) in [6, 6.07) is 3.82. The number of carboxylic acid groups (broad SMARTS) is 1. The van der Waals surface area contributed by atoms with E-state index in [-0.39, 0.29) is 35.8 Å². The summed E-state index contributed by atoms with van der Waals surface area (Å²) in [7, 11) is 0. The molecular formula is C20H23ClN2O4. The van der Waals surface area contributed by atoms with Crippen LogP contribution in [0, 0.1) is 5.92 Å². The van der Waals surface area contributed by atoms with Gasteiger partial charge < -0.3 is 14.9 Å². The lowest BCUT2D eigenvalue weighted by molar-refractivity contribution is -0.133. The minimum atomic E-state index is -1.05. The van der Waals surface area contributed by atoms with Gasteiger partial charge in [0.05, 0.1) is 17.3 Å². The lowest BCUT2D eigenvalue weighted by Crippen LogP contribution is -2.22. The van der Waals surface area contributed by atoms with Crippen molar-refractivity contribution < 1.29 is 19.7 Å². The zero-order chi connectivity index (χ0) is 19.1. The highest BCUT2D eigenvalue weighted by Gasteiger charge is 2.34. The molecule has 4 rings (SSSR count). The van der Waals surface area contributed by atoms with E-state index in [1.165, 1.54) is 0 Å². The van der Waals surface area contributed by atoms with Gasteiger partial charge in [0.2, 0.25) is 0 Å². The van der Waals surface area contributed by atoms with Gasteiger partial charge in [0, 0.05) is 23.4 Å². The van der Waals surface area contributed by atoms with Crippen molar-refractivity contribution in [3.05, 3.63) is 40.2 Å². The molecular weight excluding hydrogens is 368 g/mol. The zero-order valence-corrected chi connectivity index (χ0v) is 15.9. The van der Waals surface area contributed by atoms with E-state index in [2.05, 4.69) is 5.10 Å². The Morgan fingerprint density at radius 3 is 2.85 bits per heavy atom. The summed E-state index contributed by atoms with van der Waals surface area (Å²) in [4.78, 5) is 11.3. The number of aliphatic carboxylic acids is 1. The number of rotatable bonds is 3. The van der Waals surface area contributed by atoms with Crippen LogP contribution >= 0.6 is 11.6 Å². The molecule has 144 valence electrons. The van der Waals surface area contributed by atoms with Gasteiger partial charge in [-0.15, -0.1) is 0 Å². The van der Waals surface area contributed by atoms with Crippen molar-refractivity contribution in [3.8, 4) is 0 Å². The Kier molecular flexibility index (Phi) is 4.86. The van der Waals surface area contributed by atoms with E-state index < -0.39 is 5.97 Å². The molecule has 0 amide bonds. The van der Waals surface area contributed by atoms with Gasteiger partial charge >= 0.3 is 5.97 Å². The van der Waals surface area contributed by atoms with Crippen molar-refractivity contribution in [2.45, 2.75) is 51.2 Å². The smallest absolute Gasteiger partial charge is 0.334 e. The van der Waals surface area contributed by atoms with Gasteiger partial charge in [-0.2, -0.15) is 5.10 Å². The fourth-order valence-corrected chi connectivity index (χ4v) is 4.66. The number of allylic oxidation sites excluding steroid dienone is 1. The number of ether oxygens (including phenoxy) is 1. The number of aromatic nitrogens is 2. The van der Waals surface area contributed by atoms with E-state index in [0.717, 1.165) is 42.3 Å². The van der Waals surface area contributed by atoms with Gasteiger partial charge in [0.25, 0.3) is 0 Å². The standard InChI is InChI=1S/C20H23ClN2O4/c1-11-8-13(20(25)26)17(24)9-12(11)19-14-10-22-23(16(14)6-5-15(19)21)18-4-2-3-7-27-18/h5-6,10-12,18,24H,2-4,7-9H2,1H3,(H,25,26)/t11-,12-,18?/m1/s1. The highest BCUT2D eigenvalue weighted by molar-refractivity contribution is 6.32. The Balaban J connectivity index is 1.77. The van der Waals surface area contributed by atoms with Gasteiger partial charge in [-0.05, 0) is 55.2 Å². The summed E-state index contributed by atoms with van der Waals surface area (Å²) in [5, 5.41) is 25.7. The number of hydrogen-bond acceptors (Lipinski definition) is 4. The molecule has 2 N–H and O–H groups in total. The maximum absolute atomic E-state index is 11.3. The van der Waals surface area contributed by atoms with E-state index >= 15 is 0 Å². The molecule has 2 aromatic rings. The maximum Gasteiger partial charge on any atom is 0.334 e. The van der Waals surface area contributed by atoms with Crippen LogP contribution in [0.3, 0.4) is 0 Å². The van der Waals surface area contributed by atoms with Crippen molar-refractivity contribution in [2.75, 3.05) is 6.61 Å². The third kappa shape index (κ3) is 3.21. The quantitative estimate of drug-likeness (QED) is 0.786. The first-order valence-corrected chi connectivity index (χ1v) is 9.76. The summed E-state index contributed by atoms with van der Waals surface area (Å²) in [6.07, 6.45) is 5.45. The summed E-state index contributed by atoms with van der Waals surface area (Å²) in [5.74, 6) is -1.12. The van der Waals surface area contributed by atoms with Crippen molar-refractivity contribution >= 4 is 28.5 Å². The van der Waals surface area contributed by atoms with Crippen molar-refractivity contribution in [1.29, 1.82) is 0 Å². The normalized spacial score (nSPS) is 26.5. The number of benzene rings is 1. The van der Waals surface area contributed by atoms with Crippen LogP contribution in [0.2, 0.25) is 5.02 Å². The van der Waals surface area contributed by atoms with E-state index in [0.29, 0.717) is 11.4 Å². The van der Waals surface area contributed by atoms with E-state index in [1.54, 1.807) is 0 Å². The third-order valence-electron chi connectivity index (χ3n) is 5.80. The molecule has 1 aliphatic heterocycles. The van der Waals surface area contributed by atoms with Gasteiger partial charge in [0.1, 0.15) is 5.76 Å². The molecule has 0 bridgehead atoms. The molecule has 2 heterocycles. The van der Waals surface area contributed by atoms with Gasteiger partial charge in [-0.3, -0.25) is 0 Å². The van der Waals surface area contributed by atoms with Gasteiger partial charge in [-0.25, -0.2) is 9.48 Å². The molecule has 1 aliphatic carbocycles. The average Bonchev–Trinajstić information content (AvgIpc) is 3.08. The minimum absolute atomic E-state index is 0.0457. The van der Waals surface area contributed by atoms with Crippen LogP contribution in [-0.2, 0) is 9.53 Å². The predicted octanol–water partition coefficient (Wildman–Crippen LogP) is 4.80. The Morgan fingerprint density at radius 1 is 1.33 bits per heavy atom. The van der Waals surface area contributed by atoms with Crippen LogP contribution in [0.15, 0.2) is 29.7 Å². The number of aliphatic hydroxyl groups is 1. The largest absolute Gasteiger partial charge is 0.512 e. The van der Waals surface area contributed by atoms with Crippen LogP contribution in [0.25, 0.3) is 10.9 Å². The summed E-state index contributed by atoms with van der Waals surface area (Å²) < 4.78 is 7.80. The van der Waals surface area contributed by atoms with E-state index in [9.17, 15) is 15.0 Å². The maximum atomic E-state index is 11.3. The van der Waals surface area contributed by atoms with Crippen LogP contribution in [0.5, 0.6) is 0 Å². The first-order chi connectivity index (χ1) is 13.0. The summed E-state index contributed by atoms with van der Waals surface area (Å²) in [6.45, 7) is 2.74. The molecule has 1 aromatic heterocycles. The number of hydrogen-bond donors (Lipinski definition) is 2. The molecule has 3 atom stereocenters. The van der Waals surface area contributed by atoms with Gasteiger partial charge in [0.15, 0.2) is 6.23 Å². The summed E-state index contributed by atoms with van der Waals surface area (Å²) >= 11 is 6.56. The monoisotopic (exact) mass is 390 g/mol. The Hall–Kier alpha value is -2.05. The predicted molar refractivity (Wildman–Crippen MR) is 102 cm³/mol. The highest BCUT2D eigenvalue weighted by Crippen LogP contribution is 2.45. The Bertz CT molecular complexity index is 914. The molecule has 27 heavy (non-hydrogen) atoms. The Morgan fingerprint density at radius 2 is 2.15 bits per heavy atom. The lowest BCUT2D eigenvalue weighted by Gasteiger charge is -2.30. The van der Waals surface area contributed by atoms with Crippen molar-refractivity contribution in [3.63, 3.8) is 0 Å². The van der Waals surface area contributed by atoms with Crippen molar-refractivity contribution in [2.24, 2.45) is 5.92 Å². The average molecular weight is 391 g/mol. The molecule has 6 nitrogen and oxygen atoms in total. The number of carbonyl (C=O) groups is 1. The number of halogens is 1. The number of carboxylic acids is 1. The first-order valence-electron chi connectivity index (χ1n) is 9.39. The fraction of sp³-hybridized carbons (Fsp3) is 0.500. The van der Waals surface area contributed by atoms with Crippen LogP contribution in [-0.4, -0.2) is 32.6 Å². The molecule has 0 saturated carbocycles. The highest BCUT2D eigenvalue weighted by atomic mass is 35.5. The SMILES string of the molecule is C[C@@H]1CC(C(=O)O)=C(O)C[C@H]1c1c(Cl)ccc2c1cnn2C1CCCCO1. The fourth-order valence-electron chi connectivity index (χ4n) is 4.35. The molecule has 1 saturated heterocycles. The number of nitrogens with zero attached hydrogens (tertiary/aromatic N) is 2. The second-order valence-corrected chi connectivity index (χ2v) is 7.93. The zero-order valence-electron chi connectivity index (χ0n) is 15.2. The van der Waals surface area contributed by atoms with Crippen LogP contribution < -0.4 is 0 Å². The number of fused-ring (bicyclic) bond motifs is 1. The summed E-state index contributed by atoms with van der Waals surface area (Å²) in [5.41, 5.74) is 1.99. The molecule has 0 radical (unpaired) electrons. The molecule has 0 spiro atoms.